The number of amides is 1. The third kappa shape index (κ3) is 3.07. The number of aromatic nitrogens is 1. The topological polar surface area (TPSA) is 86.0 Å². The first-order valence-corrected chi connectivity index (χ1v) is 5.62. The Morgan fingerprint density at radius 2 is 2.11 bits per heavy atom. The van der Waals surface area contributed by atoms with Crippen LogP contribution in [0.15, 0.2) is 42.6 Å². The van der Waals surface area contributed by atoms with Crippen molar-refractivity contribution in [1.29, 1.82) is 5.26 Å². The van der Waals surface area contributed by atoms with E-state index in [0.717, 1.165) is 0 Å². The smallest absolute Gasteiger partial charge is 0.270 e. The summed E-state index contributed by atoms with van der Waals surface area (Å²) < 4.78 is 0. The van der Waals surface area contributed by atoms with Crippen molar-refractivity contribution in [2.75, 3.05) is 0 Å². The van der Waals surface area contributed by atoms with Crippen molar-refractivity contribution in [3.8, 4) is 11.8 Å². The molecule has 94 valence electrons. The highest BCUT2D eigenvalue weighted by Crippen LogP contribution is 2.14. The number of phenolic OH excluding ortho intramolecular Hbond substituents is 1. The first-order valence-electron chi connectivity index (χ1n) is 5.62. The molecule has 1 aromatic heterocycles. The molecule has 1 aromatic carbocycles. The van der Waals surface area contributed by atoms with E-state index in [2.05, 4.69) is 10.3 Å². The number of hydrogen-bond donors (Lipinski definition) is 2. The number of para-hydroxylation sites is 1. The highest BCUT2D eigenvalue weighted by atomic mass is 16.3. The third-order valence-corrected chi connectivity index (χ3v) is 2.56. The van der Waals surface area contributed by atoms with Crippen LogP contribution >= 0.6 is 0 Å². The Labute approximate surface area is 110 Å². The zero-order chi connectivity index (χ0) is 13.7. The van der Waals surface area contributed by atoms with Gasteiger partial charge in [-0.05, 0) is 18.2 Å². The molecule has 1 heterocycles. The quantitative estimate of drug-likeness (QED) is 0.869. The van der Waals surface area contributed by atoms with Gasteiger partial charge in [0.05, 0.1) is 5.56 Å². The number of carbonyl (C=O) groups is 1. The number of pyridine rings is 1. The van der Waals surface area contributed by atoms with Crippen LogP contribution in [-0.4, -0.2) is 16.0 Å². The van der Waals surface area contributed by atoms with E-state index in [1.165, 1.54) is 18.3 Å². The molecule has 0 saturated carbocycles. The van der Waals surface area contributed by atoms with Crippen LogP contribution in [0.1, 0.15) is 21.6 Å². The summed E-state index contributed by atoms with van der Waals surface area (Å²) >= 11 is 0. The molecule has 5 nitrogen and oxygen atoms in total. The second kappa shape index (κ2) is 5.65. The van der Waals surface area contributed by atoms with Gasteiger partial charge in [-0.1, -0.05) is 18.2 Å². The first-order chi connectivity index (χ1) is 9.20. The van der Waals surface area contributed by atoms with E-state index in [1.54, 1.807) is 24.3 Å². The molecular formula is C14H11N3O2. The van der Waals surface area contributed by atoms with Crippen LogP contribution in [0.25, 0.3) is 0 Å². The SMILES string of the molecule is N#Cc1ccc(C(=O)NCc2ccccc2O)nc1. The molecule has 0 fully saturated rings. The second-order valence-electron chi connectivity index (χ2n) is 3.86. The summed E-state index contributed by atoms with van der Waals surface area (Å²) in [5.41, 5.74) is 1.26. The van der Waals surface area contributed by atoms with Gasteiger partial charge in [-0.2, -0.15) is 5.26 Å². The van der Waals surface area contributed by atoms with Gasteiger partial charge >= 0.3 is 0 Å². The molecule has 5 heteroatoms. The molecule has 0 aliphatic rings. The summed E-state index contributed by atoms with van der Waals surface area (Å²) in [7, 11) is 0. The molecule has 2 N–H and O–H groups in total. The van der Waals surface area contributed by atoms with Gasteiger partial charge in [-0.3, -0.25) is 4.79 Å². The largest absolute Gasteiger partial charge is 0.508 e. The second-order valence-corrected chi connectivity index (χ2v) is 3.86. The van der Waals surface area contributed by atoms with Crippen molar-refractivity contribution in [3.63, 3.8) is 0 Å². The molecule has 0 aliphatic carbocycles. The van der Waals surface area contributed by atoms with E-state index in [9.17, 15) is 9.90 Å². The molecule has 2 aromatic rings. The fourth-order valence-electron chi connectivity index (χ4n) is 1.52. The Morgan fingerprint density at radius 1 is 1.32 bits per heavy atom. The minimum absolute atomic E-state index is 0.135. The van der Waals surface area contributed by atoms with E-state index < -0.39 is 0 Å². The van der Waals surface area contributed by atoms with Crippen LogP contribution in [-0.2, 0) is 6.54 Å². The van der Waals surface area contributed by atoms with Crippen molar-refractivity contribution in [1.82, 2.24) is 10.3 Å². The average molecular weight is 253 g/mol. The van der Waals surface area contributed by atoms with E-state index >= 15 is 0 Å². The predicted molar refractivity (Wildman–Crippen MR) is 68.2 cm³/mol. The van der Waals surface area contributed by atoms with E-state index in [0.29, 0.717) is 11.1 Å². The van der Waals surface area contributed by atoms with E-state index in [4.69, 9.17) is 5.26 Å². The molecule has 2 rings (SSSR count). The zero-order valence-electron chi connectivity index (χ0n) is 10.00. The molecule has 0 aliphatic heterocycles. The Hall–Kier alpha value is -2.87. The zero-order valence-corrected chi connectivity index (χ0v) is 10.00. The number of aromatic hydroxyl groups is 1. The molecular weight excluding hydrogens is 242 g/mol. The molecule has 0 radical (unpaired) electrons. The number of nitrogens with one attached hydrogen (secondary N) is 1. The maximum Gasteiger partial charge on any atom is 0.270 e. The van der Waals surface area contributed by atoms with E-state index in [1.807, 2.05) is 6.07 Å². The van der Waals surface area contributed by atoms with Crippen LogP contribution in [0.4, 0.5) is 0 Å². The van der Waals surface area contributed by atoms with Crippen molar-refractivity contribution in [3.05, 3.63) is 59.4 Å². The average Bonchev–Trinajstić information content (AvgIpc) is 2.46. The van der Waals surface area contributed by atoms with Gasteiger partial charge in [0.15, 0.2) is 0 Å². The van der Waals surface area contributed by atoms with Crippen LogP contribution in [0.3, 0.4) is 0 Å². The number of carbonyl (C=O) groups excluding carboxylic acids is 1. The molecule has 0 saturated heterocycles. The molecule has 19 heavy (non-hydrogen) atoms. The standard InChI is InChI=1S/C14H11N3O2/c15-7-10-5-6-12(16-8-10)14(19)17-9-11-3-1-2-4-13(11)18/h1-6,8,18H,9H2,(H,17,19). The van der Waals surface area contributed by atoms with Gasteiger partial charge in [-0.25, -0.2) is 4.98 Å². The van der Waals surface area contributed by atoms with Gasteiger partial charge in [0.1, 0.15) is 17.5 Å². The number of rotatable bonds is 3. The monoisotopic (exact) mass is 253 g/mol. The molecule has 0 atom stereocenters. The van der Waals surface area contributed by atoms with Gasteiger partial charge in [0.25, 0.3) is 5.91 Å². The summed E-state index contributed by atoms with van der Waals surface area (Å²) in [4.78, 5) is 15.7. The number of benzene rings is 1. The van der Waals surface area contributed by atoms with Gasteiger partial charge in [0, 0.05) is 18.3 Å². The highest BCUT2D eigenvalue weighted by Gasteiger charge is 2.08. The summed E-state index contributed by atoms with van der Waals surface area (Å²) in [6.45, 7) is 0.215. The van der Waals surface area contributed by atoms with Crippen molar-refractivity contribution in [2.45, 2.75) is 6.54 Å². The van der Waals surface area contributed by atoms with Crippen molar-refractivity contribution in [2.24, 2.45) is 0 Å². The predicted octanol–water partition coefficient (Wildman–Crippen LogP) is 1.59. The highest BCUT2D eigenvalue weighted by molar-refractivity contribution is 5.92. The Bertz CT molecular complexity index is 630. The third-order valence-electron chi connectivity index (χ3n) is 2.56. The van der Waals surface area contributed by atoms with Gasteiger partial charge in [-0.15, -0.1) is 0 Å². The summed E-state index contributed by atoms with van der Waals surface area (Å²) in [5, 5.41) is 20.8. The molecule has 0 unspecified atom stereocenters. The normalized spacial score (nSPS) is 9.63. The Balaban J connectivity index is 2.02. The van der Waals surface area contributed by atoms with Crippen LogP contribution in [0, 0.1) is 11.3 Å². The van der Waals surface area contributed by atoms with Crippen LogP contribution in [0.2, 0.25) is 0 Å². The van der Waals surface area contributed by atoms with Crippen LogP contribution < -0.4 is 5.32 Å². The first kappa shape index (κ1) is 12.6. The lowest BCUT2D eigenvalue weighted by Crippen LogP contribution is -2.23. The number of hydrogen-bond acceptors (Lipinski definition) is 4. The number of nitrogens with zero attached hydrogens (tertiary/aromatic N) is 2. The summed E-state index contributed by atoms with van der Waals surface area (Å²) in [5.74, 6) is -0.219. The maximum absolute atomic E-state index is 11.8. The van der Waals surface area contributed by atoms with Crippen LogP contribution in [0.5, 0.6) is 5.75 Å². The molecule has 1 amide bonds. The lowest BCUT2D eigenvalue weighted by molar-refractivity contribution is 0.0946. The Morgan fingerprint density at radius 3 is 2.74 bits per heavy atom. The lowest BCUT2D eigenvalue weighted by Gasteiger charge is -2.06. The summed E-state index contributed by atoms with van der Waals surface area (Å²) in [6.07, 6.45) is 1.34. The molecule has 0 bridgehead atoms. The maximum atomic E-state index is 11.8. The van der Waals surface area contributed by atoms with Gasteiger partial charge in [0.2, 0.25) is 0 Å². The number of phenols is 1. The summed E-state index contributed by atoms with van der Waals surface area (Å²) in [6, 6.07) is 11.7. The minimum Gasteiger partial charge on any atom is -0.508 e. The van der Waals surface area contributed by atoms with Crippen molar-refractivity contribution >= 4 is 5.91 Å². The number of nitriles is 1. The van der Waals surface area contributed by atoms with Crippen molar-refractivity contribution < 1.29 is 9.90 Å². The molecule has 0 spiro atoms. The Kier molecular flexibility index (Phi) is 3.74. The van der Waals surface area contributed by atoms with E-state index in [-0.39, 0.29) is 23.9 Å². The fraction of sp³-hybridized carbons (Fsp3) is 0.0714. The minimum atomic E-state index is -0.354. The fourth-order valence-corrected chi connectivity index (χ4v) is 1.52. The van der Waals surface area contributed by atoms with Gasteiger partial charge < -0.3 is 10.4 Å². The lowest BCUT2D eigenvalue weighted by atomic mass is 10.2.